The van der Waals surface area contributed by atoms with Crippen LogP contribution in [-0.2, 0) is 14.4 Å². The van der Waals surface area contributed by atoms with Gasteiger partial charge in [0.1, 0.15) is 10.4 Å². The molecule has 9 heteroatoms. The van der Waals surface area contributed by atoms with Crippen LogP contribution >= 0.6 is 35.6 Å². The Morgan fingerprint density at radius 2 is 2.00 bits per heavy atom. The van der Waals surface area contributed by atoms with Crippen LogP contribution in [0.5, 0.6) is 0 Å². The Morgan fingerprint density at radius 3 is 2.57 bits per heavy atom. The lowest BCUT2D eigenvalue weighted by Crippen LogP contribution is -2.45. The van der Waals surface area contributed by atoms with Gasteiger partial charge in [0, 0.05) is 5.02 Å². The van der Waals surface area contributed by atoms with E-state index in [0.717, 1.165) is 16.7 Å². The number of rotatable bonds is 5. The molecule has 2 N–H and O–H groups in total. The second-order valence-electron chi connectivity index (χ2n) is 4.53. The summed E-state index contributed by atoms with van der Waals surface area (Å²) in [5.74, 6) is -3.40. The van der Waals surface area contributed by atoms with Crippen molar-refractivity contribution in [2.45, 2.75) is 12.5 Å². The van der Waals surface area contributed by atoms with Crippen molar-refractivity contribution in [3.8, 4) is 0 Å². The molecule has 23 heavy (non-hydrogen) atoms. The summed E-state index contributed by atoms with van der Waals surface area (Å²) >= 11 is 12.0. The molecule has 0 bridgehead atoms. The summed E-state index contributed by atoms with van der Waals surface area (Å²) < 4.78 is 0.00181. The van der Waals surface area contributed by atoms with Gasteiger partial charge in [0.2, 0.25) is 0 Å². The van der Waals surface area contributed by atoms with Crippen LogP contribution in [0.2, 0.25) is 5.02 Å². The van der Waals surface area contributed by atoms with Gasteiger partial charge in [0.05, 0.1) is 11.3 Å². The number of nitrogens with zero attached hydrogens (tertiary/aromatic N) is 1. The quantitative estimate of drug-likeness (QED) is 0.606. The van der Waals surface area contributed by atoms with Crippen LogP contribution in [0, 0.1) is 0 Å². The summed E-state index contributed by atoms with van der Waals surface area (Å²) in [5.41, 5.74) is 0.583. The van der Waals surface area contributed by atoms with Crippen LogP contribution in [0.1, 0.15) is 12.0 Å². The van der Waals surface area contributed by atoms with Crippen molar-refractivity contribution in [1.29, 1.82) is 0 Å². The van der Waals surface area contributed by atoms with Gasteiger partial charge in [-0.25, -0.2) is 4.79 Å². The van der Waals surface area contributed by atoms with E-state index in [0.29, 0.717) is 10.6 Å². The van der Waals surface area contributed by atoms with Crippen LogP contribution < -0.4 is 0 Å². The fourth-order valence-corrected chi connectivity index (χ4v) is 3.47. The summed E-state index contributed by atoms with van der Waals surface area (Å²) in [6.07, 6.45) is 0.766. The number of hydrogen-bond acceptors (Lipinski definition) is 5. The third-order valence-corrected chi connectivity index (χ3v) is 4.65. The van der Waals surface area contributed by atoms with Crippen LogP contribution in [0.4, 0.5) is 0 Å². The van der Waals surface area contributed by atoms with Gasteiger partial charge >= 0.3 is 11.9 Å². The Balaban J connectivity index is 2.34. The topological polar surface area (TPSA) is 94.9 Å². The third kappa shape index (κ3) is 3.90. The van der Waals surface area contributed by atoms with E-state index in [-0.39, 0.29) is 9.23 Å². The summed E-state index contributed by atoms with van der Waals surface area (Å²) in [6.45, 7) is 0. The van der Waals surface area contributed by atoms with E-state index in [1.807, 2.05) is 0 Å². The van der Waals surface area contributed by atoms with Crippen LogP contribution in [0.25, 0.3) is 6.08 Å². The maximum atomic E-state index is 12.4. The van der Waals surface area contributed by atoms with Crippen molar-refractivity contribution in [3.63, 3.8) is 0 Å². The predicted octanol–water partition coefficient (Wildman–Crippen LogP) is 2.47. The summed E-state index contributed by atoms with van der Waals surface area (Å²) in [4.78, 5) is 35.5. The molecule has 1 fully saturated rings. The zero-order valence-corrected chi connectivity index (χ0v) is 13.8. The molecule has 0 radical (unpaired) electrons. The van der Waals surface area contributed by atoms with Gasteiger partial charge in [-0.05, 0) is 17.7 Å². The van der Waals surface area contributed by atoms with Crippen molar-refractivity contribution in [1.82, 2.24) is 4.90 Å². The number of carboxylic acids is 2. The molecular weight excluding hydrogens is 362 g/mol. The van der Waals surface area contributed by atoms with Crippen LogP contribution in [-0.4, -0.2) is 43.3 Å². The van der Waals surface area contributed by atoms with E-state index in [1.165, 1.54) is 6.08 Å². The van der Waals surface area contributed by atoms with Crippen molar-refractivity contribution in [2.24, 2.45) is 0 Å². The van der Waals surface area contributed by atoms with Gasteiger partial charge in [-0.2, -0.15) is 0 Å². The van der Waals surface area contributed by atoms with Gasteiger partial charge in [-0.1, -0.05) is 53.8 Å². The molecule has 1 aliphatic rings. The number of carboxylic acid groups (broad SMARTS) is 2. The lowest BCUT2D eigenvalue weighted by atomic mass is 10.1. The van der Waals surface area contributed by atoms with Crippen molar-refractivity contribution in [3.05, 3.63) is 39.8 Å². The molecule has 120 valence electrons. The molecule has 0 saturated carbocycles. The standard InChI is InChI=1S/C14H10ClNO5S2/c15-8-4-2-1-3-7(8)5-10-12(19)16(14(22)23-10)9(13(20)21)6-11(17)18/h1-5,9H,6H2,(H,17,18)(H,20,21)/b10-5-. The van der Waals surface area contributed by atoms with Crippen LogP contribution in [0.3, 0.4) is 0 Å². The van der Waals surface area contributed by atoms with Crippen molar-refractivity contribution < 1.29 is 24.6 Å². The Bertz CT molecular complexity index is 734. The smallest absolute Gasteiger partial charge is 0.327 e. The number of hydrogen-bond donors (Lipinski definition) is 2. The number of thioether (sulfide) groups is 1. The SMILES string of the molecule is O=C(O)CC(C(=O)O)N1C(=O)/C(=C/c2ccccc2Cl)SC1=S. The fraction of sp³-hybridized carbons (Fsp3) is 0.143. The molecule has 0 spiro atoms. The number of aliphatic carboxylic acids is 2. The molecule has 1 atom stereocenters. The summed E-state index contributed by atoms with van der Waals surface area (Å²) in [7, 11) is 0. The van der Waals surface area contributed by atoms with Gasteiger partial charge in [-0.3, -0.25) is 14.5 Å². The highest BCUT2D eigenvalue weighted by atomic mass is 35.5. The molecule has 1 aromatic carbocycles. The number of benzene rings is 1. The number of thiocarbonyl (C=S) groups is 1. The first-order chi connectivity index (χ1) is 10.8. The highest BCUT2D eigenvalue weighted by Crippen LogP contribution is 2.35. The molecule has 1 aliphatic heterocycles. The Kier molecular flexibility index (Phi) is 5.40. The first kappa shape index (κ1) is 17.5. The lowest BCUT2D eigenvalue weighted by Gasteiger charge is -2.21. The summed E-state index contributed by atoms with van der Waals surface area (Å²) in [5, 5.41) is 18.4. The number of halogens is 1. The lowest BCUT2D eigenvalue weighted by molar-refractivity contribution is -0.150. The maximum absolute atomic E-state index is 12.4. The van der Waals surface area contributed by atoms with Crippen molar-refractivity contribution >= 4 is 63.8 Å². The second-order valence-corrected chi connectivity index (χ2v) is 6.61. The monoisotopic (exact) mass is 371 g/mol. The molecule has 1 unspecified atom stereocenters. The molecule has 1 saturated heterocycles. The minimum Gasteiger partial charge on any atom is -0.481 e. The van der Waals surface area contributed by atoms with E-state index in [2.05, 4.69) is 0 Å². The first-order valence-electron chi connectivity index (χ1n) is 6.27. The number of amides is 1. The normalized spacial score (nSPS) is 17.6. The van der Waals surface area contributed by atoms with E-state index in [4.69, 9.17) is 28.9 Å². The number of carbonyl (C=O) groups excluding carboxylic acids is 1. The predicted molar refractivity (Wildman–Crippen MR) is 90.1 cm³/mol. The van der Waals surface area contributed by atoms with Crippen molar-refractivity contribution in [2.75, 3.05) is 0 Å². The largest absolute Gasteiger partial charge is 0.481 e. The maximum Gasteiger partial charge on any atom is 0.327 e. The average molecular weight is 372 g/mol. The van der Waals surface area contributed by atoms with Gasteiger partial charge in [0.15, 0.2) is 0 Å². The van der Waals surface area contributed by atoms with E-state index in [1.54, 1.807) is 24.3 Å². The second kappa shape index (κ2) is 7.12. The van der Waals surface area contributed by atoms with E-state index >= 15 is 0 Å². The average Bonchev–Trinajstić information content (AvgIpc) is 2.73. The highest BCUT2D eigenvalue weighted by molar-refractivity contribution is 8.26. The molecule has 1 aromatic rings. The zero-order valence-electron chi connectivity index (χ0n) is 11.4. The number of carbonyl (C=O) groups is 3. The molecular formula is C14H10ClNO5S2. The van der Waals surface area contributed by atoms with E-state index in [9.17, 15) is 19.5 Å². The minimum atomic E-state index is -1.54. The third-order valence-electron chi connectivity index (χ3n) is 2.98. The van der Waals surface area contributed by atoms with Gasteiger partial charge in [-0.15, -0.1) is 0 Å². The van der Waals surface area contributed by atoms with E-state index < -0.39 is 30.3 Å². The Labute approximate surface area is 145 Å². The summed E-state index contributed by atoms with van der Waals surface area (Å²) in [6, 6.07) is 5.28. The highest BCUT2D eigenvalue weighted by Gasteiger charge is 2.41. The molecule has 0 aliphatic carbocycles. The molecule has 2 rings (SSSR count). The molecule has 6 nitrogen and oxygen atoms in total. The van der Waals surface area contributed by atoms with Gasteiger partial charge < -0.3 is 10.2 Å². The minimum absolute atomic E-state index is 0.00181. The zero-order chi connectivity index (χ0) is 17.1. The molecule has 1 amide bonds. The molecule has 1 heterocycles. The van der Waals surface area contributed by atoms with Gasteiger partial charge in [0.25, 0.3) is 5.91 Å². The first-order valence-corrected chi connectivity index (χ1v) is 7.87. The Hall–Kier alpha value is -1.90. The fourth-order valence-electron chi connectivity index (χ4n) is 1.94. The van der Waals surface area contributed by atoms with Crippen LogP contribution in [0.15, 0.2) is 29.2 Å². The molecule has 0 aromatic heterocycles. The Morgan fingerprint density at radius 1 is 1.35 bits per heavy atom.